The van der Waals surface area contributed by atoms with Gasteiger partial charge >= 0.3 is 0 Å². The quantitative estimate of drug-likeness (QED) is 0.823. The summed E-state index contributed by atoms with van der Waals surface area (Å²) in [5.74, 6) is 0.0833. The standard InChI is InChI=1S/C12H17ClN2O2/c1-4-17-11(7(2)3)10(16)9-5-8(13)6-15-12(9)14/h5-7,11H,4H2,1-3H3,(H2,14,15). The highest BCUT2D eigenvalue weighted by Crippen LogP contribution is 2.20. The third-order valence-electron chi connectivity index (χ3n) is 2.36. The molecule has 0 spiro atoms. The second-order valence-corrected chi connectivity index (χ2v) is 4.51. The molecule has 17 heavy (non-hydrogen) atoms. The van der Waals surface area contributed by atoms with E-state index in [4.69, 9.17) is 22.1 Å². The van der Waals surface area contributed by atoms with E-state index in [1.165, 1.54) is 12.3 Å². The van der Waals surface area contributed by atoms with Crippen LogP contribution in [0.15, 0.2) is 12.3 Å². The van der Waals surface area contributed by atoms with Crippen LogP contribution in [0, 0.1) is 5.92 Å². The lowest BCUT2D eigenvalue weighted by atomic mass is 9.98. The zero-order chi connectivity index (χ0) is 13.0. The Labute approximate surface area is 106 Å². The van der Waals surface area contributed by atoms with Gasteiger partial charge in [0.1, 0.15) is 11.9 Å². The first-order valence-corrected chi connectivity index (χ1v) is 5.92. The lowest BCUT2D eigenvalue weighted by Crippen LogP contribution is -2.30. The minimum Gasteiger partial charge on any atom is -0.383 e. The van der Waals surface area contributed by atoms with Crippen LogP contribution in [0.25, 0.3) is 0 Å². The molecule has 1 atom stereocenters. The van der Waals surface area contributed by atoms with Crippen LogP contribution in [0.1, 0.15) is 31.1 Å². The van der Waals surface area contributed by atoms with Crippen LogP contribution in [0.5, 0.6) is 0 Å². The molecule has 1 rings (SSSR count). The van der Waals surface area contributed by atoms with Crippen LogP contribution in [-0.4, -0.2) is 23.5 Å². The highest BCUT2D eigenvalue weighted by molar-refractivity contribution is 6.31. The second-order valence-electron chi connectivity index (χ2n) is 4.07. The van der Waals surface area contributed by atoms with Gasteiger partial charge < -0.3 is 10.5 Å². The Morgan fingerprint density at radius 2 is 2.24 bits per heavy atom. The molecule has 1 unspecified atom stereocenters. The molecule has 0 aliphatic heterocycles. The summed E-state index contributed by atoms with van der Waals surface area (Å²) in [6.45, 7) is 6.17. The van der Waals surface area contributed by atoms with E-state index >= 15 is 0 Å². The molecular formula is C12H17ClN2O2. The Kier molecular flexibility index (Phi) is 4.90. The first-order chi connectivity index (χ1) is 7.97. The number of rotatable bonds is 5. The normalized spacial score (nSPS) is 12.8. The van der Waals surface area contributed by atoms with E-state index in [0.717, 1.165) is 0 Å². The van der Waals surface area contributed by atoms with Crippen LogP contribution in [0.4, 0.5) is 5.82 Å². The minimum atomic E-state index is -0.512. The van der Waals surface area contributed by atoms with E-state index in [2.05, 4.69) is 4.98 Å². The van der Waals surface area contributed by atoms with E-state index in [1.807, 2.05) is 20.8 Å². The number of anilines is 1. The highest BCUT2D eigenvalue weighted by atomic mass is 35.5. The summed E-state index contributed by atoms with van der Waals surface area (Å²) >= 11 is 5.81. The summed E-state index contributed by atoms with van der Waals surface area (Å²) in [6, 6.07) is 1.53. The molecule has 1 heterocycles. The van der Waals surface area contributed by atoms with Gasteiger partial charge in [-0.05, 0) is 18.9 Å². The molecule has 0 bridgehead atoms. The third kappa shape index (κ3) is 3.41. The number of nitrogens with two attached hydrogens (primary N) is 1. The Morgan fingerprint density at radius 1 is 1.59 bits per heavy atom. The van der Waals surface area contributed by atoms with Gasteiger partial charge in [0.05, 0.1) is 10.6 Å². The summed E-state index contributed by atoms with van der Waals surface area (Å²) in [5, 5.41) is 0.390. The van der Waals surface area contributed by atoms with Crippen LogP contribution >= 0.6 is 11.6 Å². The fraction of sp³-hybridized carbons (Fsp3) is 0.500. The fourth-order valence-electron chi connectivity index (χ4n) is 1.55. The zero-order valence-corrected chi connectivity index (χ0v) is 11.0. The molecular weight excluding hydrogens is 240 g/mol. The monoisotopic (exact) mass is 256 g/mol. The summed E-state index contributed by atoms with van der Waals surface area (Å²) in [5.41, 5.74) is 6.00. The van der Waals surface area contributed by atoms with Gasteiger partial charge in [0.25, 0.3) is 0 Å². The number of Topliss-reactive ketones (excluding diaryl/α,β-unsaturated/α-hetero) is 1. The number of halogens is 1. The SMILES string of the molecule is CCOC(C(=O)c1cc(Cl)cnc1N)C(C)C. The van der Waals surface area contributed by atoms with E-state index in [-0.39, 0.29) is 17.5 Å². The molecule has 2 N–H and O–H groups in total. The molecule has 0 saturated carbocycles. The lowest BCUT2D eigenvalue weighted by molar-refractivity contribution is 0.0280. The minimum absolute atomic E-state index is 0.0702. The maximum absolute atomic E-state index is 12.2. The van der Waals surface area contributed by atoms with Crippen molar-refractivity contribution < 1.29 is 9.53 Å². The van der Waals surface area contributed by atoms with Crippen LogP contribution in [-0.2, 0) is 4.74 Å². The number of ketones is 1. The number of hydrogen-bond acceptors (Lipinski definition) is 4. The van der Waals surface area contributed by atoms with Gasteiger partial charge in [0.2, 0.25) is 0 Å². The van der Waals surface area contributed by atoms with Crippen molar-refractivity contribution >= 4 is 23.2 Å². The van der Waals surface area contributed by atoms with Crippen LogP contribution < -0.4 is 5.73 Å². The van der Waals surface area contributed by atoms with Gasteiger partial charge in [-0.2, -0.15) is 0 Å². The van der Waals surface area contributed by atoms with E-state index in [0.29, 0.717) is 17.2 Å². The Morgan fingerprint density at radius 3 is 2.76 bits per heavy atom. The summed E-state index contributed by atoms with van der Waals surface area (Å²) < 4.78 is 5.44. The van der Waals surface area contributed by atoms with Gasteiger partial charge in [-0.3, -0.25) is 4.79 Å². The maximum atomic E-state index is 12.2. The largest absolute Gasteiger partial charge is 0.383 e. The average Bonchev–Trinajstić information content (AvgIpc) is 2.28. The van der Waals surface area contributed by atoms with E-state index < -0.39 is 6.10 Å². The van der Waals surface area contributed by atoms with Crippen molar-refractivity contribution in [1.29, 1.82) is 0 Å². The number of ether oxygens (including phenoxy) is 1. The highest BCUT2D eigenvalue weighted by Gasteiger charge is 2.25. The number of hydrogen-bond donors (Lipinski definition) is 1. The number of carbonyl (C=O) groups excluding carboxylic acids is 1. The molecule has 0 fully saturated rings. The molecule has 4 nitrogen and oxygen atoms in total. The first kappa shape index (κ1) is 13.9. The van der Waals surface area contributed by atoms with Gasteiger partial charge in [-0.15, -0.1) is 0 Å². The maximum Gasteiger partial charge on any atom is 0.195 e. The second kappa shape index (κ2) is 5.98. The van der Waals surface area contributed by atoms with Crippen molar-refractivity contribution in [2.24, 2.45) is 5.92 Å². The molecule has 1 aromatic rings. The van der Waals surface area contributed by atoms with Crippen molar-refractivity contribution in [2.45, 2.75) is 26.9 Å². The van der Waals surface area contributed by atoms with Gasteiger partial charge in [0, 0.05) is 12.8 Å². The fourth-order valence-corrected chi connectivity index (χ4v) is 1.71. The molecule has 0 aromatic carbocycles. The molecule has 1 aromatic heterocycles. The van der Waals surface area contributed by atoms with Crippen molar-refractivity contribution in [1.82, 2.24) is 4.98 Å². The van der Waals surface area contributed by atoms with E-state index in [9.17, 15) is 4.79 Å². The predicted octanol–water partition coefficient (Wildman–Crippen LogP) is 2.56. The first-order valence-electron chi connectivity index (χ1n) is 5.54. The Balaban J connectivity index is 3.04. The molecule has 0 amide bonds. The average molecular weight is 257 g/mol. The number of pyridine rings is 1. The molecule has 0 radical (unpaired) electrons. The molecule has 5 heteroatoms. The lowest BCUT2D eigenvalue weighted by Gasteiger charge is -2.20. The van der Waals surface area contributed by atoms with Crippen molar-refractivity contribution in [3.8, 4) is 0 Å². The van der Waals surface area contributed by atoms with Crippen LogP contribution in [0.2, 0.25) is 5.02 Å². The van der Waals surface area contributed by atoms with Gasteiger partial charge in [-0.25, -0.2) is 4.98 Å². The topological polar surface area (TPSA) is 65.2 Å². The Hall–Kier alpha value is -1.13. The summed E-state index contributed by atoms with van der Waals surface area (Å²) in [7, 11) is 0. The van der Waals surface area contributed by atoms with Crippen LogP contribution in [0.3, 0.4) is 0 Å². The molecule has 0 aliphatic rings. The van der Waals surface area contributed by atoms with E-state index in [1.54, 1.807) is 0 Å². The molecule has 94 valence electrons. The summed E-state index contributed by atoms with van der Waals surface area (Å²) in [4.78, 5) is 16.1. The number of carbonyl (C=O) groups is 1. The van der Waals surface area contributed by atoms with Crippen molar-refractivity contribution in [2.75, 3.05) is 12.3 Å². The number of nitrogen functional groups attached to an aromatic ring is 1. The molecule has 0 aliphatic carbocycles. The van der Waals surface area contributed by atoms with Gasteiger partial charge in [0.15, 0.2) is 5.78 Å². The number of aromatic nitrogens is 1. The summed E-state index contributed by atoms with van der Waals surface area (Å²) in [6.07, 6.45) is 0.904. The van der Waals surface area contributed by atoms with Crippen molar-refractivity contribution in [3.05, 3.63) is 22.8 Å². The van der Waals surface area contributed by atoms with Crippen molar-refractivity contribution in [3.63, 3.8) is 0 Å². The zero-order valence-electron chi connectivity index (χ0n) is 10.2. The number of nitrogens with zero attached hydrogens (tertiary/aromatic N) is 1. The molecule has 0 saturated heterocycles. The van der Waals surface area contributed by atoms with Gasteiger partial charge in [-0.1, -0.05) is 25.4 Å². The predicted molar refractivity (Wildman–Crippen MR) is 68.2 cm³/mol. The Bertz CT molecular complexity index is 407. The third-order valence-corrected chi connectivity index (χ3v) is 2.57. The smallest absolute Gasteiger partial charge is 0.195 e.